The van der Waals surface area contributed by atoms with Crippen molar-refractivity contribution in [2.24, 2.45) is 5.92 Å². The number of likely N-dealkylation sites (tertiary alicyclic amines) is 1. The number of nitrogens with one attached hydrogen (secondary N) is 2. The topological polar surface area (TPSA) is 61.4 Å². The number of benzene rings is 1. The van der Waals surface area contributed by atoms with E-state index in [4.69, 9.17) is 0 Å². The predicted molar refractivity (Wildman–Crippen MR) is 70.3 cm³/mol. The maximum Gasteiger partial charge on any atom is 0.321 e. The van der Waals surface area contributed by atoms with Crippen LogP contribution in [-0.2, 0) is 11.3 Å². The molecule has 3 amide bonds. The van der Waals surface area contributed by atoms with Gasteiger partial charge in [0.1, 0.15) is 0 Å². The Labute approximate surface area is 112 Å². The van der Waals surface area contributed by atoms with E-state index in [1.807, 2.05) is 18.2 Å². The number of carbonyl (C=O) groups is 2. The highest BCUT2D eigenvalue weighted by Gasteiger charge is 2.39. The zero-order valence-electron chi connectivity index (χ0n) is 10.6. The lowest BCUT2D eigenvalue weighted by Gasteiger charge is -2.40. The van der Waals surface area contributed by atoms with Crippen LogP contribution in [0.25, 0.3) is 0 Å². The zero-order chi connectivity index (χ0) is 13.2. The molecule has 5 nitrogen and oxygen atoms in total. The number of hydrogen-bond donors (Lipinski definition) is 2. The van der Waals surface area contributed by atoms with Gasteiger partial charge in [0.2, 0.25) is 5.91 Å². The Morgan fingerprint density at radius 3 is 2.79 bits per heavy atom. The molecule has 0 aliphatic carbocycles. The minimum atomic E-state index is -0.359. The third-order valence-corrected chi connectivity index (χ3v) is 3.84. The van der Waals surface area contributed by atoms with Gasteiger partial charge >= 0.3 is 6.03 Å². The third-order valence-electron chi connectivity index (χ3n) is 3.84. The van der Waals surface area contributed by atoms with Crippen LogP contribution in [0.2, 0.25) is 0 Å². The first-order valence-electron chi connectivity index (χ1n) is 6.60. The average molecular weight is 259 g/mol. The van der Waals surface area contributed by atoms with Crippen molar-refractivity contribution in [1.82, 2.24) is 15.5 Å². The number of hydrogen-bond acceptors (Lipinski definition) is 3. The summed E-state index contributed by atoms with van der Waals surface area (Å²) in [6.45, 7) is 2.46. The molecule has 3 rings (SSSR count). The molecular weight excluding hydrogens is 242 g/mol. The standard InChI is InChI=1S/C14H17N3O2/c18-13-11-9-17(8-10-4-2-1-3-5-10)7-6-12(11)15-14(19)16-13/h1-5,11-12H,6-9H2,(H2,15,16,18,19). The molecule has 2 atom stereocenters. The van der Waals surface area contributed by atoms with Crippen LogP contribution in [0.1, 0.15) is 12.0 Å². The zero-order valence-corrected chi connectivity index (χ0v) is 10.6. The van der Waals surface area contributed by atoms with Crippen LogP contribution in [0.3, 0.4) is 0 Å². The van der Waals surface area contributed by atoms with Gasteiger partial charge in [-0.05, 0) is 12.0 Å². The number of imide groups is 1. The quantitative estimate of drug-likeness (QED) is 0.822. The molecule has 0 radical (unpaired) electrons. The number of piperidine rings is 1. The van der Waals surface area contributed by atoms with E-state index in [2.05, 4.69) is 27.7 Å². The van der Waals surface area contributed by atoms with Gasteiger partial charge in [-0.15, -0.1) is 0 Å². The molecule has 2 heterocycles. The second-order valence-corrected chi connectivity index (χ2v) is 5.19. The fraction of sp³-hybridized carbons (Fsp3) is 0.429. The van der Waals surface area contributed by atoms with Gasteiger partial charge in [0.15, 0.2) is 0 Å². The third kappa shape index (κ3) is 2.61. The maximum absolute atomic E-state index is 11.8. The van der Waals surface area contributed by atoms with E-state index >= 15 is 0 Å². The number of amides is 3. The van der Waals surface area contributed by atoms with E-state index in [0.717, 1.165) is 19.5 Å². The van der Waals surface area contributed by atoms with Crippen molar-refractivity contribution in [3.63, 3.8) is 0 Å². The lowest BCUT2D eigenvalue weighted by atomic mass is 9.89. The van der Waals surface area contributed by atoms with Gasteiger partial charge in [0.25, 0.3) is 0 Å². The molecule has 0 aromatic heterocycles. The first kappa shape index (κ1) is 12.2. The number of urea groups is 1. The van der Waals surface area contributed by atoms with Crippen LogP contribution in [-0.4, -0.2) is 36.0 Å². The predicted octanol–water partition coefficient (Wildman–Crippen LogP) is 0.716. The molecule has 2 fully saturated rings. The summed E-state index contributed by atoms with van der Waals surface area (Å²) in [7, 11) is 0. The smallest absolute Gasteiger partial charge is 0.321 e. The van der Waals surface area contributed by atoms with Crippen LogP contribution in [0.5, 0.6) is 0 Å². The maximum atomic E-state index is 11.8. The van der Waals surface area contributed by atoms with E-state index in [1.54, 1.807) is 0 Å². The van der Waals surface area contributed by atoms with Gasteiger partial charge in [-0.2, -0.15) is 0 Å². The van der Waals surface area contributed by atoms with Gasteiger partial charge in [-0.1, -0.05) is 30.3 Å². The SMILES string of the molecule is O=C1NC(=O)C2CN(Cc3ccccc3)CCC2N1. The molecule has 2 saturated heterocycles. The fourth-order valence-corrected chi connectivity index (χ4v) is 2.85. The van der Waals surface area contributed by atoms with E-state index in [1.165, 1.54) is 5.56 Å². The summed E-state index contributed by atoms with van der Waals surface area (Å²) in [5, 5.41) is 5.18. The molecule has 0 saturated carbocycles. The van der Waals surface area contributed by atoms with Crippen molar-refractivity contribution in [2.45, 2.75) is 19.0 Å². The molecule has 2 unspecified atom stereocenters. The molecule has 100 valence electrons. The Hall–Kier alpha value is -1.88. The Bertz CT molecular complexity index is 489. The minimum Gasteiger partial charge on any atom is -0.334 e. The summed E-state index contributed by atoms with van der Waals surface area (Å²) in [5.74, 6) is -0.276. The number of rotatable bonds is 2. The normalized spacial score (nSPS) is 27.4. The van der Waals surface area contributed by atoms with Crippen molar-refractivity contribution in [2.75, 3.05) is 13.1 Å². The molecule has 0 bridgehead atoms. The lowest BCUT2D eigenvalue weighted by molar-refractivity contribution is -0.127. The molecular formula is C14H17N3O2. The summed E-state index contributed by atoms with van der Waals surface area (Å²) in [6.07, 6.45) is 0.830. The lowest BCUT2D eigenvalue weighted by Crippen LogP contribution is -2.63. The van der Waals surface area contributed by atoms with Crippen LogP contribution >= 0.6 is 0 Å². The largest absolute Gasteiger partial charge is 0.334 e. The van der Waals surface area contributed by atoms with Crippen LogP contribution in [0.15, 0.2) is 30.3 Å². The van der Waals surface area contributed by atoms with Gasteiger partial charge in [-0.25, -0.2) is 4.79 Å². The Balaban J connectivity index is 1.65. The Kier molecular flexibility index (Phi) is 3.21. The molecule has 19 heavy (non-hydrogen) atoms. The van der Waals surface area contributed by atoms with Gasteiger partial charge in [-0.3, -0.25) is 15.0 Å². The molecule has 5 heteroatoms. The second-order valence-electron chi connectivity index (χ2n) is 5.19. The van der Waals surface area contributed by atoms with Gasteiger partial charge < -0.3 is 5.32 Å². The van der Waals surface area contributed by atoms with E-state index in [9.17, 15) is 9.59 Å². The summed E-state index contributed by atoms with van der Waals surface area (Å²) < 4.78 is 0. The summed E-state index contributed by atoms with van der Waals surface area (Å²) in [6, 6.07) is 9.87. The highest BCUT2D eigenvalue weighted by Crippen LogP contribution is 2.21. The van der Waals surface area contributed by atoms with Crippen LogP contribution in [0.4, 0.5) is 4.79 Å². The number of nitrogens with zero attached hydrogens (tertiary/aromatic N) is 1. The van der Waals surface area contributed by atoms with Crippen molar-refractivity contribution < 1.29 is 9.59 Å². The first-order chi connectivity index (χ1) is 9.22. The van der Waals surface area contributed by atoms with E-state index < -0.39 is 0 Å². The minimum absolute atomic E-state index is 0.00623. The van der Waals surface area contributed by atoms with Crippen LogP contribution < -0.4 is 10.6 Å². The molecule has 0 spiro atoms. The van der Waals surface area contributed by atoms with Gasteiger partial charge in [0.05, 0.1) is 5.92 Å². The number of fused-ring (bicyclic) bond motifs is 1. The van der Waals surface area contributed by atoms with E-state index in [-0.39, 0.29) is 23.9 Å². The monoisotopic (exact) mass is 259 g/mol. The van der Waals surface area contributed by atoms with Gasteiger partial charge in [0, 0.05) is 25.7 Å². The van der Waals surface area contributed by atoms with Crippen molar-refractivity contribution in [3.05, 3.63) is 35.9 Å². The summed E-state index contributed by atoms with van der Waals surface area (Å²) in [5.41, 5.74) is 1.25. The van der Waals surface area contributed by atoms with Crippen molar-refractivity contribution in [1.29, 1.82) is 0 Å². The second kappa shape index (κ2) is 5.01. The molecule has 1 aromatic rings. The van der Waals surface area contributed by atoms with Crippen molar-refractivity contribution >= 4 is 11.9 Å². The number of carbonyl (C=O) groups excluding carboxylic acids is 2. The highest BCUT2D eigenvalue weighted by atomic mass is 16.2. The summed E-state index contributed by atoms with van der Waals surface area (Å²) in [4.78, 5) is 25.4. The van der Waals surface area contributed by atoms with Crippen LogP contribution in [0, 0.1) is 5.92 Å². The fourth-order valence-electron chi connectivity index (χ4n) is 2.85. The average Bonchev–Trinajstić information content (AvgIpc) is 2.40. The summed E-state index contributed by atoms with van der Waals surface area (Å²) >= 11 is 0. The molecule has 2 N–H and O–H groups in total. The molecule has 2 aliphatic heterocycles. The first-order valence-corrected chi connectivity index (χ1v) is 6.60. The molecule has 2 aliphatic rings. The van der Waals surface area contributed by atoms with E-state index in [0.29, 0.717) is 6.54 Å². The Morgan fingerprint density at radius 1 is 1.21 bits per heavy atom. The molecule has 1 aromatic carbocycles. The highest BCUT2D eigenvalue weighted by molar-refractivity contribution is 5.98. The van der Waals surface area contributed by atoms with Crippen molar-refractivity contribution in [3.8, 4) is 0 Å². The Morgan fingerprint density at radius 2 is 2.00 bits per heavy atom.